The highest BCUT2D eigenvalue weighted by atomic mass is 19.1. The predicted octanol–water partition coefficient (Wildman–Crippen LogP) is 2.48. The average molecular weight is 255 g/mol. The van der Waals surface area contributed by atoms with Gasteiger partial charge in [-0.15, -0.1) is 0 Å². The molecular weight excluding hydrogens is 236 g/mol. The molecule has 0 saturated heterocycles. The van der Waals surface area contributed by atoms with Gasteiger partial charge < -0.3 is 10.1 Å². The summed E-state index contributed by atoms with van der Waals surface area (Å²) in [7, 11) is 1.65. The summed E-state index contributed by atoms with van der Waals surface area (Å²) in [6.07, 6.45) is 0.968. The molecule has 2 atom stereocenters. The number of benzene rings is 1. The molecule has 1 fully saturated rings. The molecule has 1 aliphatic carbocycles. The van der Waals surface area contributed by atoms with Crippen LogP contribution < -0.4 is 5.32 Å². The van der Waals surface area contributed by atoms with Gasteiger partial charge in [0.1, 0.15) is 11.6 Å². The van der Waals surface area contributed by atoms with Gasteiger partial charge in [-0.3, -0.25) is 0 Å². The smallest absolute Gasteiger partial charge is 0.126 e. The standard InChI is InChI=1S/C14H19F2NO/c1-10-8-14(10,9-17-3-4-18-2)11-5-12(15)7-13(16)6-11/h5-7,10,17H,3-4,8-9H2,1-2H3. The second-order valence-electron chi connectivity index (χ2n) is 5.09. The normalized spacial score (nSPS) is 26.3. The lowest BCUT2D eigenvalue weighted by Gasteiger charge is -2.18. The van der Waals surface area contributed by atoms with E-state index in [1.165, 1.54) is 12.1 Å². The SMILES string of the molecule is COCCNCC1(c2cc(F)cc(F)c2)CC1C. The van der Waals surface area contributed by atoms with E-state index in [0.717, 1.165) is 31.1 Å². The van der Waals surface area contributed by atoms with Crippen LogP contribution in [0.15, 0.2) is 18.2 Å². The van der Waals surface area contributed by atoms with Crippen LogP contribution in [-0.4, -0.2) is 26.8 Å². The molecule has 0 heterocycles. The van der Waals surface area contributed by atoms with Gasteiger partial charge in [-0.25, -0.2) is 8.78 Å². The maximum atomic E-state index is 13.3. The first-order chi connectivity index (χ1) is 8.58. The number of halogens is 2. The molecule has 1 saturated carbocycles. The number of methoxy groups -OCH3 is 1. The fourth-order valence-electron chi connectivity index (χ4n) is 2.57. The van der Waals surface area contributed by atoms with Gasteiger partial charge >= 0.3 is 0 Å². The Morgan fingerprint density at radius 3 is 2.44 bits per heavy atom. The fraction of sp³-hybridized carbons (Fsp3) is 0.571. The van der Waals surface area contributed by atoms with Crippen LogP contribution in [0.2, 0.25) is 0 Å². The Kier molecular flexibility index (Phi) is 3.97. The van der Waals surface area contributed by atoms with E-state index in [4.69, 9.17) is 4.74 Å². The van der Waals surface area contributed by atoms with Crippen molar-refractivity contribution in [2.75, 3.05) is 26.8 Å². The van der Waals surface area contributed by atoms with Crippen LogP contribution >= 0.6 is 0 Å². The predicted molar refractivity (Wildman–Crippen MR) is 66.6 cm³/mol. The summed E-state index contributed by atoms with van der Waals surface area (Å²) in [4.78, 5) is 0. The number of hydrogen-bond acceptors (Lipinski definition) is 2. The van der Waals surface area contributed by atoms with Crippen molar-refractivity contribution >= 4 is 0 Å². The van der Waals surface area contributed by atoms with Crippen molar-refractivity contribution in [2.24, 2.45) is 5.92 Å². The summed E-state index contributed by atoms with van der Waals surface area (Å²) in [5.74, 6) is -0.547. The highest BCUT2D eigenvalue weighted by Gasteiger charge is 2.52. The van der Waals surface area contributed by atoms with Gasteiger partial charge in [0.25, 0.3) is 0 Å². The zero-order valence-corrected chi connectivity index (χ0v) is 10.8. The molecule has 0 radical (unpaired) electrons. The minimum atomic E-state index is -0.500. The van der Waals surface area contributed by atoms with Crippen LogP contribution in [-0.2, 0) is 10.2 Å². The summed E-state index contributed by atoms with van der Waals surface area (Å²) >= 11 is 0. The van der Waals surface area contributed by atoms with Gasteiger partial charge in [0.05, 0.1) is 6.61 Å². The minimum absolute atomic E-state index is 0.114. The molecule has 2 unspecified atom stereocenters. The van der Waals surface area contributed by atoms with E-state index >= 15 is 0 Å². The van der Waals surface area contributed by atoms with E-state index in [1.807, 2.05) is 0 Å². The fourth-order valence-corrected chi connectivity index (χ4v) is 2.57. The Morgan fingerprint density at radius 1 is 1.33 bits per heavy atom. The highest BCUT2D eigenvalue weighted by Crippen LogP contribution is 2.53. The van der Waals surface area contributed by atoms with Crippen molar-refractivity contribution in [1.82, 2.24) is 5.32 Å². The van der Waals surface area contributed by atoms with Crippen LogP contribution in [0.25, 0.3) is 0 Å². The van der Waals surface area contributed by atoms with Crippen molar-refractivity contribution in [2.45, 2.75) is 18.8 Å². The lowest BCUT2D eigenvalue weighted by atomic mass is 9.93. The molecule has 0 spiro atoms. The average Bonchev–Trinajstić information content (AvgIpc) is 2.96. The first-order valence-corrected chi connectivity index (χ1v) is 6.25. The van der Waals surface area contributed by atoms with E-state index in [2.05, 4.69) is 12.2 Å². The third kappa shape index (κ3) is 2.70. The van der Waals surface area contributed by atoms with Crippen molar-refractivity contribution in [3.8, 4) is 0 Å². The lowest BCUT2D eigenvalue weighted by Crippen LogP contribution is -2.30. The molecule has 1 aliphatic rings. The molecule has 1 aromatic carbocycles. The first kappa shape index (κ1) is 13.4. The number of hydrogen-bond donors (Lipinski definition) is 1. The molecule has 2 nitrogen and oxygen atoms in total. The molecule has 1 N–H and O–H groups in total. The molecule has 18 heavy (non-hydrogen) atoms. The zero-order valence-electron chi connectivity index (χ0n) is 10.8. The maximum absolute atomic E-state index is 13.3. The monoisotopic (exact) mass is 255 g/mol. The second-order valence-corrected chi connectivity index (χ2v) is 5.09. The van der Waals surface area contributed by atoms with Gasteiger partial charge in [0, 0.05) is 31.7 Å². The Balaban J connectivity index is 2.07. The molecule has 0 bridgehead atoms. The molecule has 0 amide bonds. The van der Waals surface area contributed by atoms with Crippen LogP contribution in [0.1, 0.15) is 18.9 Å². The van der Waals surface area contributed by atoms with Gasteiger partial charge in [-0.2, -0.15) is 0 Å². The van der Waals surface area contributed by atoms with Gasteiger partial charge in [0.15, 0.2) is 0 Å². The van der Waals surface area contributed by atoms with E-state index in [0.29, 0.717) is 12.5 Å². The second kappa shape index (κ2) is 5.33. The largest absolute Gasteiger partial charge is 0.383 e. The topological polar surface area (TPSA) is 21.3 Å². The van der Waals surface area contributed by atoms with Gasteiger partial charge in [-0.05, 0) is 30.0 Å². The molecule has 0 aliphatic heterocycles. The summed E-state index contributed by atoms with van der Waals surface area (Å²) in [6.45, 7) is 4.24. The van der Waals surface area contributed by atoms with Crippen LogP contribution in [0.3, 0.4) is 0 Å². The van der Waals surface area contributed by atoms with Crippen molar-refractivity contribution in [3.63, 3.8) is 0 Å². The molecule has 0 aromatic heterocycles. The summed E-state index contributed by atoms with van der Waals surface area (Å²) < 4.78 is 31.5. The van der Waals surface area contributed by atoms with E-state index in [9.17, 15) is 8.78 Å². The van der Waals surface area contributed by atoms with Gasteiger partial charge in [-0.1, -0.05) is 6.92 Å². The van der Waals surface area contributed by atoms with Crippen LogP contribution in [0.5, 0.6) is 0 Å². The first-order valence-electron chi connectivity index (χ1n) is 6.25. The third-order valence-electron chi connectivity index (χ3n) is 3.81. The summed E-state index contributed by atoms with van der Waals surface area (Å²) in [5.41, 5.74) is 0.647. The Bertz CT molecular complexity index is 404. The molecule has 100 valence electrons. The third-order valence-corrected chi connectivity index (χ3v) is 3.81. The molecule has 4 heteroatoms. The molecule has 2 rings (SSSR count). The van der Waals surface area contributed by atoms with Gasteiger partial charge in [0.2, 0.25) is 0 Å². The number of ether oxygens (including phenoxy) is 1. The summed E-state index contributed by atoms with van der Waals surface area (Å²) in [5, 5.41) is 3.29. The molecule has 1 aromatic rings. The summed E-state index contributed by atoms with van der Waals surface area (Å²) in [6, 6.07) is 3.82. The van der Waals surface area contributed by atoms with E-state index < -0.39 is 11.6 Å². The zero-order chi connectivity index (χ0) is 13.2. The van der Waals surface area contributed by atoms with E-state index in [-0.39, 0.29) is 5.41 Å². The van der Waals surface area contributed by atoms with Crippen molar-refractivity contribution in [3.05, 3.63) is 35.4 Å². The minimum Gasteiger partial charge on any atom is -0.383 e. The van der Waals surface area contributed by atoms with Crippen LogP contribution in [0, 0.1) is 17.6 Å². The Hall–Kier alpha value is -1.00. The maximum Gasteiger partial charge on any atom is 0.126 e. The van der Waals surface area contributed by atoms with Crippen molar-refractivity contribution in [1.29, 1.82) is 0 Å². The quantitative estimate of drug-likeness (QED) is 0.788. The number of rotatable bonds is 6. The van der Waals surface area contributed by atoms with Crippen molar-refractivity contribution < 1.29 is 13.5 Å². The lowest BCUT2D eigenvalue weighted by molar-refractivity contribution is 0.198. The highest BCUT2D eigenvalue weighted by molar-refractivity contribution is 5.34. The van der Waals surface area contributed by atoms with Crippen LogP contribution in [0.4, 0.5) is 8.78 Å². The number of nitrogens with one attached hydrogen (secondary N) is 1. The molecular formula is C14H19F2NO. The Labute approximate surface area is 106 Å². The Morgan fingerprint density at radius 2 is 1.94 bits per heavy atom. The van der Waals surface area contributed by atoms with E-state index in [1.54, 1.807) is 7.11 Å².